The second-order valence-corrected chi connectivity index (χ2v) is 9.41. The number of amides is 1. The van der Waals surface area contributed by atoms with Crippen molar-refractivity contribution < 1.29 is 22.7 Å². The molecule has 30 heavy (non-hydrogen) atoms. The predicted molar refractivity (Wildman–Crippen MR) is 114 cm³/mol. The van der Waals surface area contributed by atoms with Gasteiger partial charge in [0.1, 0.15) is 0 Å². The normalized spacial score (nSPS) is 15.0. The summed E-state index contributed by atoms with van der Waals surface area (Å²) in [5.41, 5.74) is 0.363. The number of rotatable bonds is 6. The van der Waals surface area contributed by atoms with Gasteiger partial charge in [0, 0.05) is 20.1 Å². The molecule has 0 saturated carbocycles. The molecular formula is C21H23ClN2O5S. The van der Waals surface area contributed by atoms with Crippen molar-refractivity contribution in [2.75, 3.05) is 24.4 Å². The van der Waals surface area contributed by atoms with Crippen LogP contribution in [0.5, 0.6) is 0 Å². The minimum absolute atomic E-state index is 0.0436. The topological polar surface area (TPSA) is 84.0 Å². The highest BCUT2D eigenvalue weighted by molar-refractivity contribution is 7.92. The molecule has 1 fully saturated rings. The zero-order chi connectivity index (χ0) is 21.9. The van der Waals surface area contributed by atoms with E-state index in [1.54, 1.807) is 35.2 Å². The average Bonchev–Trinajstić information content (AvgIpc) is 3.28. The smallest absolute Gasteiger partial charge is 0.340 e. The van der Waals surface area contributed by atoms with Crippen LogP contribution < -0.4 is 4.31 Å². The van der Waals surface area contributed by atoms with E-state index in [-0.39, 0.29) is 21.4 Å². The summed E-state index contributed by atoms with van der Waals surface area (Å²) in [5, 5.41) is 0.0436. The minimum Gasteiger partial charge on any atom is -0.449 e. The van der Waals surface area contributed by atoms with Crippen molar-refractivity contribution in [3.05, 3.63) is 59.1 Å². The first-order valence-electron chi connectivity index (χ1n) is 9.55. The lowest BCUT2D eigenvalue weighted by molar-refractivity contribution is -0.138. The van der Waals surface area contributed by atoms with E-state index in [0.717, 1.165) is 17.1 Å². The molecule has 1 saturated heterocycles. The van der Waals surface area contributed by atoms with Gasteiger partial charge in [0.2, 0.25) is 0 Å². The number of esters is 1. The Hall–Kier alpha value is -2.58. The molecule has 160 valence electrons. The molecule has 1 atom stereocenters. The second kappa shape index (κ2) is 9.06. The Labute approximate surface area is 181 Å². The van der Waals surface area contributed by atoms with Gasteiger partial charge >= 0.3 is 5.97 Å². The van der Waals surface area contributed by atoms with E-state index in [2.05, 4.69) is 0 Å². The first kappa shape index (κ1) is 22.1. The number of carbonyl (C=O) groups is 2. The number of nitrogens with zero attached hydrogens (tertiary/aromatic N) is 2. The molecule has 1 aliphatic rings. The standard InChI is InChI=1S/C21H23ClN2O5S/c1-15(20(25)24-12-6-7-13-24)29-21(26)18-14-17(10-11-19(18)22)30(27,28)23(2)16-8-4-3-5-9-16/h3-5,8-11,14-15H,6-7,12-13H2,1-2H3/t15-/m1/s1. The summed E-state index contributed by atoms with van der Waals surface area (Å²) in [6, 6.07) is 12.4. The molecule has 9 heteroatoms. The van der Waals surface area contributed by atoms with E-state index in [4.69, 9.17) is 16.3 Å². The van der Waals surface area contributed by atoms with Gasteiger partial charge < -0.3 is 9.64 Å². The van der Waals surface area contributed by atoms with Gasteiger partial charge in [-0.05, 0) is 50.1 Å². The average molecular weight is 451 g/mol. The zero-order valence-corrected chi connectivity index (χ0v) is 18.3. The number of ether oxygens (including phenoxy) is 1. The fraction of sp³-hybridized carbons (Fsp3) is 0.333. The highest BCUT2D eigenvalue weighted by Crippen LogP contribution is 2.26. The minimum atomic E-state index is -3.93. The molecular weight excluding hydrogens is 428 g/mol. The van der Waals surface area contributed by atoms with Gasteiger partial charge in [-0.3, -0.25) is 9.10 Å². The van der Waals surface area contributed by atoms with Gasteiger partial charge in [0.05, 0.1) is 21.2 Å². The van der Waals surface area contributed by atoms with Crippen LogP contribution in [0, 0.1) is 0 Å². The number of carbonyl (C=O) groups excluding carboxylic acids is 2. The van der Waals surface area contributed by atoms with Crippen LogP contribution in [0.2, 0.25) is 5.02 Å². The summed E-state index contributed by atoms with van der Waals surface area (Å²) in [5.74, 6) is -1.12. The van der Waals surface area contributed by atoms with Gasteiger partial charge in [-0.25, -0.2) is 13.2 Å². The lowest BCUT2D eigenvalue weighted by Crippen LogP contribution is -2.38. The van der Waals surface area contributed by atoms with Crippen molar-refractivity contribution in [1.82, 2.24) is 4.90 Å². The third-order valence-electron chi connectivity index (χ3n) is 4.99. The fourth-order valence-electron chi connectivity index (χ4n) is 3.23. The van der Waals surface area contributed by atoms with Crippen LogP contribution in [0.1, 0.15) is 30.1 Å². The number of hydrogen-bond donors (Lipinski definition) is 0. The number of anilines is 1. The van der Waals surface area contributed by atoms with Crippen LogP contribution in [0.3, 0.4) is 0 Å². The summed E-state index contributed by atoms with van der Waals surface area (Å²) in [6.45, 7) is 2.78. The number of hydrogen-bond acceptors (Lipinski definition) is 5. The monoisotopic (exact) mass is 450 g/mol. The van der Waals surface area contributed by atoms with Crippen LogP contribution in [-0.2, 0) is 19.6 Å². The van der Waals surface area contributed by atoms with Crippen molar-refractivity contribution in [1.29, 1.82) is 0 Å². The summed E-state index contributed by atoms with van der Waals surface area (Å²) < 4.78 is 32.4. The van der Waals surface area contributed by atoms with Crippen molar-refractivity contribution in [2.24, 2.45) is 0 Å². The van der Waals surface area contributed by atoms with E-state index in [1.165, 1.54) is 32.2 Å². The van der Waals surface area contributed by atoms with Crippen LogP contribution >= 0.6 is 11.6 Å². The summed E-state index contributed by atoms with van der Waals surface area (Å²) in [6.07, 6.45) is 0.860. The number of para-hydroxylation sites is 1. The molecule has 0 bridgehead atoms. The summed E-state index contributed by atoms with van der Waals surface area (Å²) in [4.78, 5) is 26.6. The maximum atomic E-state index is 13.0. The lowest BCUT2D eigenvalue weighted by Gasteiger charge is -2.21. The molecule has 1 heterocycles. The first-order chi connectivity index (χ1) is 14.2. The van der Waals surface area contributed by atoms with E-state index < -0.39 is 22.1 Å². The molecule has 1 aliphatic heterocycles. The molecule has 0 aliphatic carbocycles. The number of likely N-dealkylation sites (tertiary alicyclic amines) is 1. The largest absolute Gasteiger partial charge is 0.449 e. The van der Waals surface area contributed by atoms with Crippen LogP contribution in [0.15, 0.2) is 53.4 Å². The first-order valence-corrected chi connectivity index (χ1v) is 11.4. The van der Waals surface area contributed by atoms with Crippen LogP contribution in [0.4, 0.5) is 5.69 Å². The number of benzene rings is 2. The highest BCUT2D eigenvalue weighted by Gasteiger charge is 2.28. The number of sulfonamides is 1. The van der Waals surface area contributed by atoms with Gasteiger partial charge in [-0.2, -0.15) is 0 Å². The summed E-state index contributed by atoms with van der Waals surface area (Å²) >= 11 is 6.12. The third-order valence-corrected chi connectivity index (χ3v) is 7.10. The quantitative estimate of drug-likeness (QED) is 0.630. The second-order valence-electron chi connectivity index (χ2n) is 7.03. The Bertz CT molecular complexity index is 1040. The van der Waals surface area contributed by atoms with Gasteiger partial charge in [0.25, 0.3) is 15.9 Å². The van der Waals surface area contributed by atoms with Gasteiger partial charge in [-0.1, -0.05) is 29.8 Å². The van der Waals surface area contributed by atoms with E-state index in [9.17, 15) is 18.0 Å². The van der Waals surface area contributed by atoms with Crippen LogP contribution in [-0.4, -0.2) is 51.4 Å². The van der Waals surface area contributed by atoms with Crippen molar-refractivity contribution in [2.45, 2.75) is 30.8 Å². The molecule has 0 spiro atoms. The Morgan fingerprint density at radius 2 is 1.73 bits per heavy atom. The van der Waals surface area contributed by atoms with Crippen molar-refractivity contribution in [3.63, 3.8) is 0 Å². The maximum Gasteiger partial charge on any atom is 0.340 e. The number of halogens is 1. The molecule has 2 aromatic rings. The molecule has 0 unspecified atom stereocenters. The molecule has 0 N–H and O–H groups in total. The van der Waals surface area contributed by atoms with E-state index in [0.29, 0.717) is 18.8 Å². The molecule has 0 radical (unpaired) electrons. The lowest BCUT2D eigenvalue weighted by atomic mass is 10.2. The van der Waals surface area contributed by atoms with E-state index in [1.807, 2.05) is 0 Å². The Morgan fingerprint density at radius 3 is 2.37 bits per heavy atom. The highest BCUT2D eigenvalue weighted by atomic mass is 35.5. The third kappa shape index (κ3) is 4.60. The Morgan fingerprint density at radius 1 is 1.10 bits per heavy atom. The molecule has 2 aromatic carbocycles. The van der Waals surface area contributed by atoms with Crippen molar-refractivity contribution >= 4 is 39.2 Å². The van der Waals surface area contributed by atoms with Crippen LogP contribution in [0.25, 0.3) is 0 Å². The summed E-state index contributed by atoms with van der Waals surface area (Å²) in [7, 11) is -2.51. The Balaban J connectivity index is 1.82. The van der Waals surface area contributed by atoms with Gasteiger partial charge in [-0.15, -0.1) is 0 Å². The molecule has 3 rings (SSSR count). The Kier molecular flexibility index (Phi) is 6.67. The molecule has 0 aromatic heterocycles. The molecule has 7 nitrogen and oxygen atoms in total. The fourth-order valence-corrected chi connectivity index (χ4v) is 4.64. The van der Waals surface area contributed by atoms with Crippen molar-refractivity contribution in [3.8, 4) is 0 Å². The SMILES string of the molecule is C[C@@H](OC(=O)c1cc(S(=O)(=O)N(C)c2ccccc2)ccc1Cl)C(=O)N1CCCC1. The maximum absolute atomic E-state index is 13.0. The van der Waals surface area contributed by atoms with Gasteiger partial charge in [0.15, 0.2) is 6.10 Å². The van der Waals surface area contributed by atoms with E-state index >= 15 is 0 Å². The zero-order valence-electron chi connectivity index (χ0n) is 16.7. The molecule has 1 amide bonds. The predicted octanol–water partition coefficient (Wildman–Crippen LogP) is 3.33.